The SMILES string of the molecule is O=C(NC1CCN(CC2CCOC2)CC1)c1ccccc1OCc1ccc(Cl)cc1. The average Bonchev–Trinajstić information content (AvgIpc) is 3.28. The van der Waals surface area contributed by atoms with Crippen LogP contribution in [0.5, 0.6) is 5.75 Å². The van der Waals surface area contributed by atoms with E-state index in [1.165, 1.54) is 6.42 Å². The van der Waals surface area contributed by atoms with Crippen LogP contribution in [0.15, 0.2) is 48.5 Å². The van der Waals surface area contributed by atoms with Crippen molar-refractivity contribution in [3.05, 3.63) is 64.7 Å². The third kappa shape index (κ3) is 5.75. The standard InChI is InChI=1S/C24H29ClN2O3/c25-20-7-5-18(6-8-20)17-30-23-4-2-1-3-22(23)24(28)26-21-9-12-27(13-10-21)15-19-11-14-29-16-19/h1-8,19,21H,9-17H2,(H,26,28). The van der Waals surface area contributed by atoms with Gasteiger partial charge in [-0.05, 0) is 55.0 Å². The van der Waals surface area contributed by atoms with E-state index in [0.29, 0.717) is 28.9 Å². The molecular formula is C24H29ClN2O3. The first kappa shape index (κ1) is 21.2. The number of likely N-dealkylation sites (tertiary alicyclic amines) is 1. The number of amides is 1. The van der Waals surface area contributed by atoms with Gasteiger partial charge in [-0.3, -0.25) is 4.79 Å². The lowest BCUT2D eigenvalue weighted by atomic mass is 10.0. The number of ether oxygens (including phenoxy) is 2. The Balaban J connectivity index is 1.29. The van der Waals surface area contributed by atoms with Crippen LogP contribution in [0.4, 0.5) is 0 Å². The van der Waals surface area contributed by atoms with E-state index in [9.17, 15) is 4.79 Å². The first-order chi connectivity index (χ1) is 14.7. The number of hydrogen-bond donors (Lipinski definition) is 1. The van der Waals surface area contributed by atoms with Crippen molar-refractivity contribution in [1.29, 1.82) is 0 Å². The largest absolute Gasteiger partial charge is 0.488 e. The fraction of sp³-hybridized carbons (Fsp3) is 0.458. The first-order valence-corrected chi connectivity index (χ1v) is 11.1. The van der Waals surface area contributed by atoms with Crippen molar-refractivity contribution in [2.45, 2.75) is 31.9 Å². The van der Waals surface area contributed by atoms with E-state index in [0.717, 1.165) is 51.3 Å². The summed E-state index contributed by atoms with van der Waals surface area (Å²) in [7, 11) is 0. The number of rotatable bonds is 7. The molecule has 1 atom stereocenters. The number of carbonyl (C=O) groups excluding carboxylic acids is 1. The molecule has 0 aliphatic carbocycles. The van der Waals surface area contributed by atoms with E-state index >= 15 is 0 Å². The summed E-state index contributed by atoms with van der Waals surface area (Å²) < 4.78 is 11.4. The summed E-state index contributed by atoms with van der Waals surface area (Å²) in [6, 6.07) is 15.2. The van der Waals surface area contributed by atoms with Gasteiger partial charge in [-0.1, -0.05) is 35.9 Å². The molecule has 2 saturated heterocycles. The van der Waals surface area contributed by atoms with Crippen molar-refractivity contribution in [2.24, 2.45) is 5.92 Å². The van der Waals surface area contributed by atoms with Crippen LogP contribution < -0.4 is 10.1 Å². The lowest BCUT2D eigenvalue weighted by Gasteiger charge is -2.33. The number of halogens is 1. The Hall–Kier alpha value is -2.08. The molecule has 2 fully saturated rings. The van der Waals surface area contributed by atoms with Crippen molar-refractivity contribution in [2.75, 3.05) is 32.8 Å². The lowest BCUT2D eigenvalue weighted by molar-refractivity contribution is 0.0899. The molecule has 0 spiro atoms. The van der Waals surface area contributed by atoms with Crippen molar-refractivity contribution in [1.82, 2.24) is 10.2 Å². The highest BCUT2D eigenvalue weighted by atomic mass is 35.5. The molecule has 2 heterocycles. The van der Waals surface area contributed by atoms with E-state index in [1.54, 1.807) is 0 Å². The zero-order chi connectivity index (χ0) is 20.8. The Morgan fingerprint density at radius 3 is 2.60 bits per heavy atom. The maximum absolute atomic E-state index is 12.9. The summed E-state index contributed by atoms with van der Waals surface area (Å²) in [5, 5.41) is 3.90. The van der Waals surface area contributed by atoms with Gasteiger partial charge in [0, 0.05) is 37.3 Å². The van der Waals surface area contributed by atoms with Gasteiger partial charge in [-0.25, -0.2) is 0 Å². The molecule has 5 nitrogen and oxygen atoms in total. The predicted molar refractivity (Wildman–Crippen MR) is 118 cm³/mol. The summed E-state index contributed by atoms with van der Waals surface area (Å²) in [4.78, 5) is 15.4. The fourth-order valence-corrected chi connectivity index (χ4v) is 4.26. The highest BCUT2D eigenvalue weighted by molar-refractivity contribution is 6.30. The highest BCUT2D eigenvalue weighted by Gasteiger charge is 2.25. The van der Waals surface area contributed by atoms with Gasteiger partial charge in [0.25, 0.3) is 5.91 Å². The molecular weight excluding hydrogens is 400 g/mol. The summed E-state index contributed by atoms with van der Waals surface area (Å²) in [5.74, 6) is 1.20. The summed E-state index contributed by atoms with van der Waals surface area (Å²) >= 11 is 5.94. The van der Waals surface area contributed by atoms with Crippen LogP contribution in [-0.2, 0) is 11.3 Å². The molecule has 30 heavy (non-hydrogen) atoms. The number of benzene rings is 2. The van der Waals surface area contributed by atoms with E-state index < -0.39 is 0 Å². The fourth-order valence-electron chi connectivity index (χ4n) is 4.14. The van der Waals surface area contributed by atoms with Crippen LogP contribution in [0.3, 0.4) is 0 Å². The second-order valence-electron chi connectivity index (χ2n) is 8.19. The molecule has 0 bridgehead atoms. The van der Waals surface area contributed by atoms with Crippen LogP contribution in [-0.4, -0.2) is 49.7 Å². The van der Waals surface area contributed by atoms with E-state index in [2.05, 4.69) is 10.2 Å². The van der Waals surface area contributed by atoms with Gasteiger partial charge in [0.05, 0.1) is 12.2 Å². The van der Waals surface area contributed by atoms with Crippen LogP contribution >= 0.6 is 11.6 Å². The molecule has 2 aromatic carbocycles. The van der Waals surface area contributed by atoms with E-state index in [1.807, 2.05) is 48.5 Å². The lowest BCUT2D eigenvalue weighted by Crippen LogP contribution is -2.45. The van der Waals surface area contributed by atoms with Gasteiger partial charge in [0.2, 0.25) is 0 Å². The molecule has 0 saturated carbocycles. The normalized spacial score (nSPS) is 20.2. The van der Waals surface area contributed by atoms with Crippen LogP contribution in [0.25, 0.3) is 0 Å². The van der Waals surface area contributed by atoms with Crippen LogP contribution in [0.1, 0.15) is 35.2 Å². The van der Waals surface area contributed by atoms with Gasteiger partial charge in [0.1, 0.15) is 12.4 Å². The van der Waals surface area contributed by atoms with E-state index in [-0.39, 0.29) is 11.9 Å². The van der Waals surface area contributed by atoms with Crippen LogP contribution in [0, 0.1) is 5.92 Å². The number of nitrogens with zero attached hydrogens (tertiary/aromatic N) is 1. The maximum Gasteiger partial charge on any atom is 0.255 e. The minimum absolute atomic E-state index is 0.0654. The summed E-state index contributed by atoms with van der Waals surface area (Å²) in [6.45, 7) is 5.35. The smallest absolute Gasteiger partial charge is 0.255 e. The Morgan fingerprint density at radius 2 is 1.87 bits per heavy atom. The van der Waals surface area contributed by atoms with Crippen molar-refractivity contribution in [3.8, 4) is 5.75 Å². The molecule has 2 aliphatic heterocycles. The second-order valence-corrected chi connectivity index (χ2v) is 8.63. The molecule has 4 rings (SSSR count). The number of para-hydroxylation sites is 1. The molecule has 2 aliphatic rings. The van der Waals surface area contributed by atoms with Gasteiger partial charge in [0.15, 0.2) is 0 Å². The number of carbonyl (C=O) groups is 1. The third-order valence-corrected chi connectivity index (χ3v) is 6.15. The maximum atomic E-state index is 12.9. The van der Waals surface area contributed by atoms with Crippen molar-refractivity contribution in [3.63, 3.8) is 0 Å². The molecule has 1 unspecified atom stereocenters. The molecule has 1 N–H and O–H groups in total. The Bertz CT molecular complexity index is 829. The topological polar surface area (TPSA) is 50.8 Å². The van der Waals surface area contributed by atoms with Gasteiger partial charge < -0.3 is 19.7 Å². The monoisotopic (exact) mass is 428 g/mol. The molecule has 0 aromatic heterocycles. The average molecular weight is 429 g/mol. The highest BCUT2D eigenvalue weighted by Crippen LogP contribution is 2.22. The third-order valence-electron chi connectivity index (χ3n) is 5.90. The quantitative estimate of drug-likeness (QED) is 0.719. The van der Waals surface area contributed by atoms with Crippen molar-refractivity contribution < 1.29 is 14.3 Å². The van der Waals surface area contributed by atoms with Crippen molar-refractivity contribution >= 4 is 17.5 Å². The first-order valence-electron chi connectivity index (χ1n) is 10.7. The molecule has 2 aromatic rings. The van der Waals surface area contributed by atoms with E-state index in [4.69, 9.17) is 21.1 Å². The van der Waals surface area contributed by atoms with Gasteiger partial charge >= 0.3 is 0 Å². The second kappa shape index (κ2) is 10.3. The minimum atomic E-state index is -0.0654. The molecule has 1 amide bonds. The summed E-state index contributed by atoms with van der Waals surface area (Å²) in [6.07, 6.45) is 3.13. The van der Waals surface area contributed by atoms with Crippen LogP contribution in [0.2, 0.25) is 5.02 Å². The Labute approximate surface area is 183 Å². The van der Waals surface area contributed by atoms with Gasteiger partial charge in [-0.2, -0.15) is 0 Å². The Morgan fingerprint density at radius 1 is 1.10 bits per heavy atom. The zero-order valence-electron chi connectivity index (χ0n) is 17.2. The molecule has 160 valence electrons. The predicted octanol–water partition coefficient (Wildman–Crippen LogP) is 4.15. The minimum Gasteiger partial charge on any atom is -0.488 e. The number of nitrogens with one attached hydrogen (secondary N) is 1. The zero-order valence-corrected chi connectivity index (χ0v) is 17.9. The molecule has 6 heteroatoms. The Kier molecular flexibility index (Phi) is 7.26. The number of piperidine rings is 1. The summed E-state index contributed by atoms with van der Waals surface area (Å²) in [5.41, 5.74) is 1.59. The molecule has 0 radical (unpaired) electrons. The van der Waals surface area contributed by atoms with Gasteiger partial charge in [-0.15, -0.1) is 0 Å². The number of hydrogen-bond acceptors (Lipinski definition) is 4.